The number of amides is 2. The minimum Gasteiger partial charge on any atom is -0.395 e. The quantitative estimate of drug-likeness (QED) is 0.799. The highest BCUT2D eigenvalue weighted by molar-refractivity contribution is 5.74. The zero-order chi connectivity index (χ0) is 17.6. The molecule has 1 heterocycles. The second kappa shape index (κ2) is 8.68. The Kier molecular flexibility index (Phi) is 6.32. The number of carbonyl (C=O) groups excluding carboxylic acids is 1. The van der Waals surface area contributed by atoms with Gasteiger partial charge in [-0.05, 0) is 50.3 Å². The lowest BCUT2D eigenvalue weighted by Gasteiger charge is -2.33. The summed E-state index contributed by atoms with van der Waals surface area (Å²) < 4.78 is 0. The Bertz CT molecular complexity index is 557. The van der Waals surface area contributed by atoms with Crippen molar-refractivity contribution in [3.05, 3.63) is 35.4 Å². The number of hydrogen-bond donors (Lipinski definition) is 2. The van der Waals surface area contributed by atoms with Gasteiger partial charge in [-0.25, -0.2) is 4.79 Å². The summed E-state index contributed by atoms with van der Waals surface area (Å²) in [7, 11) is 0. The molecule has 1 aliphatic carbocycles. The highest BCUT2D eigenvalue weighted by atomic mass is 16.3. The Labute approximate surface area is 151 Å². The molecular formula is C20H31N3O2. The monoisotopic (exact) mass is 345 g/mol. The second-order valence-electron chi connectivity index (χ2n) is 7.44. The fourth-order valence-electron chi connectivity index (χ4n) is 3.61. The van der Waals surface area contributed by atoms with Crippen LogP contribution in [0.4, 0.5) is 4.79 Å². The highest BCUT2D eigenvalue weighted by Gasteiger charge is 2.31. The molecule has 1 aromatic carbocycles. The zero-order valence-corrected chi connectivity index (χ0v) is 15.3. The summed E-state index contributed by atoms with van der Waals surface area (Å²) in [5.41, 5.74) is 2.45. The summed E-state index contributed by atoms with van der Waals surface area (Å²) in [6.45, 7) is 5.51. The minimum absolute atomic E-state index is 0.0214. The van der Waals surface area contributed by atoms with Gasteiger partial charge in [0.15, 0.2) is 0 Å². The van der Waals surface area contributed by atoms with Crippen LogP contribution in [0.3, 0.4) is 0 Å². The van der Waals surface area contributed by atoms with Crippen molar-refractivity contribution in [1.29, 1.82) is 0 Å². The summed E-state index contributed by atoms with van der Waals surface area (Å²) in [5, 5.41) is 12.1. The first-order chi connectivity index (χ1) is 12.2. The first-order valence-corrected chi connectivity index (χ1v) is 9.64. The molecule has 1 aromatic rings. The third-order valence-corrected chi connectivity index (χ3v) is 5.38. The molecule has 1 saturated carbocycles. The van der Waals surface area contributed by atoms with Crippen molar-refractivity contribution in [3.63, 3.8) is 0 Å². The van der Waals surface area contributed by atoms with Crippen LogP contribution < -0.4 is 5.32 Å². The van der Waals surface area contributed by atoms with Gasteiger partial charge in [0.25, 0.3) is 0 Å². The molecule has 1 atom stereocenters. The Hall–Kier alpha value is -1.59. The van der Waals surface area contributed by atoms with E-state index < -0.39 is 0 Å². The van der Waals surface area contributed by atoms with Gasteiger partial charge >= 0.3 is 6.03 Å². The molecule has 0 aromatic heterocycles. The van der Waals surface area contributed by atoms with E-state index in [1.54, 1.807) is 4.90 Å². The number of hydrogen-bond acceptors (Lipinski definition) is 3. The molecule has 0 spiro atoms. The third kappa shape index (κ3) is 5.19. The van der Waals surface area contributed by atoms with Crippen molar-refractivity contribution < 1.29 is 9.90 Å². The van der Waals surface area contributed by atoms with Crippen LogP contribution in [-0.2, 0) is 13.1 Å². The SMILES string of the molecule is CC1CCCCN1Cc1ccc(CNC(=O)N(CCO)C2CC2)cc1. The van der Waals surface area contributed by atoms with Gasteiger partial charge in [0.2, 0.25) is 0 Å². The van der Waals surface area contributed by atoms with E-state index in [1.807, 2.05) is 0 Å². The number of aliphatic hydroxyl groups is 1. The van der Waals surface area contributed by atoms with Gasteiger partial charge in [-0.1, -0.05) is 30.7 Å². The highest BCUT2D eigenvalue weighted by Crippen LogP contribution is 2.26. The largest absolute Gasteiger partial charge is 0.395 e. The van der Waals surface area contributed by atoms with Gasteiger partial charge in [0, 0.05) is 31.7 Å². The Morgan fingerprint density at radius 2 is 1.92 bits per heavy atom. The van der Waals surface area contributed by atoms with E-state index in [4.69, 9.17) is 5.11 Å². The molecule has 138 valence electrons. The van der Waals surface area contributed by atoms with Crippen LogP contribution in [-0.4, -0.2) is 52.7 Å². The molecule has 5 heteroatoms. The van der Waals surface area contributed by atoms with E-state index in [0.29, 0.717) is 25.2 Å². The average molecular weight is 345 g/mol. The Morgan fingerprint density at radius 1 is 1.20 bits per heavy atom. The molecule has 0 radical (unpaired) electrons. The number of nitrogens with zero attached hydrogens (tertiary/aromatic N) is 2. The van der Waals surface area contributed by atoms with Crippen molar-refractivity contribution >= 4 is 6.03 Å². The molecule has 1 unspecified atom stereocenters. The predicted molar refractivity (Wildman–Crippen MR) is 99.2 cm³/mol. The van der Waals surface area contributed by atoms with Crippen LogP contribution in [0.2, 0.25) is 0 Å². The van der Waals surface area contributed by atoms with Crippen LogP contribution in [0.5, 0.6) is 0 Å². The normalized spacial score (nSPS) is 21.1. The fraction of sp³-hybridized carbons (Fsp3) is 0.650. The van der Waals surface area contributed by atoms with Gasteiger partial charge in [0.05, 0.1) is 6.61 Å². The van der Waals surface area contributed by atoms with Gasteiger partial charge in [0.1, 0.15) is 0 Å². The van der Waals surface area contributed by atoms with Crippen LogP contribution in [0.25, 0.3) is 0 Å². The van der Waals surface area contributed by atoms with E-state index in [-0.39, 0.29) is 12.6 Å². The number of urea groups is 1. The Balaban J connectivity index is 1.48. The molecule has 2 fully saturated rings. The Morgan fingerprint density at radius 3 is 2.56 bits per heavy atom. The molecule has 2 amide bonds. The number of carbonyl (C=O) groups is 1. The second-order valence-corrected chi connectivity index (χ2v) is 7.44. The van der Waals surface area contributed by atoms with Gasteiger partial charge in [-0.3, -0.25) is 4.90 Å². The standard InChI is InChI=1S/C20H31N3O2/c1-16-4-2-3-11-22(16)15-18-7-5-17(6-8-18)14-21-20(25)23(12-13-24)19-9-10-19/h5-8,16,19,24H,2-4,9-15H2,1H3,(H,21,25). The number of likely N-dealkylation sites (tertiary alicyclic amines) is 1. The molecule has 2 N–H and O–H groups in total. The van der Waals surface area contributed by atoms with E-state index in [1.165, 1.54) is 31.4 Å². The lowest BCUT2D eigenvalue weighted by atomic mass is 10.0. The van der Waals surface area contributed by atoms with Crippen LogP contribution in [0.15, 0.2) is 24.3 Å². The molecule has 25 heavy (non-hydrogen) atoms. The maximum Gasteiger partial charge on any atom is 0.317 e. The minimum atomic E-state index is -0.0669. The lowest BCUT2D eigenvalue weighted by Crippen LogP contribution is -2.42. The molecule has 5 nitrogen and oxygen atoms in total. The summed E-state index contributed by atoms with van der Waals surface area (Å²) in [5.74, 6) is 0. The molecule has 1 aliphatic heterocycles. The first kappa shape index (κ1) is 18.2. The molecule has 0 bridgehead atoms. The van der Waals surface area contributed by atoms with E-state index in [0.717, 1.165) is 24.9 Å². The van der Waals surface area contributed by atoms with Crippen molar-refractivity contribution in [1.82, 2.24) is 15.1 Å². The van der Waals surface area contributed by atoms with Crippen molar-refractivity contribution in [2.75, 3.05) is 19.7 Å². The molecule has 3 rings (SSSR count). The number of aliphatic hydroxyl groups excluding tert-OH is 1. The molecular weight excluding hydrogens is 314 g/mol. The fourth-order valence-corrected chi connectivity index (χ4v) is 3.61. The number of rotatable bonds is 7. The van der Waals surface area contributed by atoms with Crippen molar-refractivity contribution in [2.24, 2.45) is 0 Å². The van der Waals surface area contributed by atoms with E-state index in [2.05, 4.69) is 41.4 Å². The summed E-state index contributed by atoms with van der Waals surface area (Å²) in [6.07, 6.45) is 6.06. The zero-order valence-electron chi connectivity index (χ0n) is 15.3. The number of benzene rings is 1. The molecule has 1 saturated heterocycles. The van der Waals surface area contributed by atoms with Crippen molar-refractivity contribution in [2.45, 2.75) is 64.2 Å². The van der Waals surface area contributed by atoms with Crippen LogP contribution >= 0.6 is 0 Å². The average Bonchev–Trinajstić information content (AvgIpc) is 3.46. The number of nitrogens with one attached hydrogen (secondary N) is 1. The maximum atomic E-state index is 12.3. The van der Waals surface area contributed by atoms with E-state index in [9.17, 15) is 4.79 Å². The van der Waals surface area contributed by atoms with Gasteiger partial charge in [-0.15, -0.1) is 0 Å². The first-order valence-electron chi connectivity index (χ1n) is 9.64. The third-order valence-electron chi connectivity index (χ3n) is 5.38. The maximum absolute atomic E-state index is 12.3. The topological polar surface area (TPSA) is 55.8 Å². The number of piperidine rings is 1. The van der Waals surface area contributed by atoms with Gasteiger partial charge < -0.3 is 15.3 Å². The summed E-state index contributed by atoms with van der Waals surface area (Å²) in [4.78, 5) is 16.6. The summed E-state index contributed by atoms with van der Waals surface area (Å²) in [6, 6.07) is 9.50. The van der Waals surface area contributed by atoms with E-state index >= 15 is 0 Å². The van der Waals surface area contributed by atoms with Crippen molar-refractivity contribution in [3.8, 4) is 0 Å². The van der Waals surface area contributed by atoms with Gasteiger partial charge in [-0.2, -0.15) is 0 Å². The van der Waals surface area contributed by atoms with Crippen LogP contribution in [0, 0.1) is 0 Å². The smallest absolute Gasteiger partial charge is 0.317 e. The predicted octanol–water partition coefficient (Wildman–Crippen LogP) is 2.73. The molecule has 2 aliphatic rings. The summed E-state index contributed by atoms with van der Waals surface area (Å²) >= 11 is 0. The van der Waals surface area contributed by atoms with Crippen LogP contribution in [0.1, 0.15) is 50.2 Å². The lowest BCUT2D eigenvalue weighted by molar-refractivity contribution is 0.152.